The number of hydrogen-bond donors (Lipinski definition) is 0. The maximum Gasteiger partial charge on any atom is 0.263 e. The van der Waals surface area contributed by atoms with Crippen LogP contribution in [0.25, 0.3) is 0 Å². The second-order valence-corrected chi connectivity index (χ2v) is 10.6. The maximum atomic E-state index is 13.5. The van der Waals surface area contributed by atoms with Crippen LogP contribution in [0.3, 0.4) is 0 Å². The van der Waals surface area contributed by atoms with Gasteiger partial charge in [-0.1, -0.05) is 25.3 Å². The second kappa shape index (κ2) is 10.1. The lowest BCUT2D eigenvalue weighted by Crippen LogP contribution is -2.47. The molecule has 0 radical (unpaired) electrons. The third-order valence-electron chi connectivity index (χ3n) is 8.20. The van der Waals surface area contributed by atoms with Gasteiger partial charge in [0.15, 0.2) is 0 Å². The van der Waals surface area contributed by atoms with Gasteiger partial charge < -0.3 is 9.80 Å². The highest BCUT2D eigenvalue weighted by atomic mass is 16.2. The van der Waals surface area contributed by atoms with E-state index in [1.807, 2.05) is 48.7 Å². The predicted molar refractivity (Wildman–Crippen MR) is 138 cm³/mol. The van der Waals surface area contributed by atoms with Crippen molar-refractivity contribution >= 4 is 23.4 Å². The number of anilines is 1. The van der Waals surface area contributed by atoms with Crippen molar-refractivity contribution in [2.24, 2.45) is 5.92 Å². The Balaban J connectivity index is 1.31. The summed E-state index contributed by atoms with van der Waals surface area (Å²) in [4.78, 5) is 45.5. The summed E-state index contributed by atoms with van der Waals surface area (Å²) in [5, 5.41) is 4.46. The zero-order valence-corrected chi connectivity index (χ0v) is 21.7. The van der Waals surface area contributed by atoms with Gasteiger partial charge in [0.05, 0.1) is 35.0 Å². The molecule has 3 aliphatic rings. The minimum absolute atomic E-state index is 0.0872. The number of aromatic nitrogens is 2. The minimum atomic E-state index is -0.250. The molecule has 192 valence electrons. The quantitative estimate of drug-likeness (QED) is 0.575. The van der Waals surface area contributed by atoms with Gasteiger partial charge in [0.2, 0.25) is 5.91 Å². The SMILES string of the molecule is Cc1cc(C)n(CCN2C(=O)c3cccc(N4CCCC(C(=O)N(C)C5CCCCC5)C4)c3C2=O)n1. The summed E-state index contributed by atoms with van der Waals surface area (Å²) in [5.74, 6) is -0.371. The van der Waals surface area contributed by atoms with Crippen LogP contribution in [0, 0.1) is 19.8 Å². The monoisotopic (exact) mass is 491 g/mol. The molecule has 36 heavy (non-hydrogen) atoms. The summed E-state index contributed by atoms with van der Waals surface area (Å²) < 4.78 is 1.84. The van der Waals surface area contributed by atoms with Crippen LogP contribution in [0.15, 0.2) is 24.3 Å². The lowest BCUT2D eigenvalue weighted by Gasteiger charge is -2.38. The lowest BCUT2D eigenvalue weighted by molar-refractivity contribution is -0.137. The highest BCUT2D eigenvalue weighted by Crippen LogP contribution is 2.35. The highest BCUT2D eigenvalue weighted by Gasteiger charge is 2.39. The van der Waals surface area contributed by atoms with Gasteiger partial charge in [0.1, 0.15) is 0 Å². The van der Waals surface area contributed by atoms with Crippen LogP contribution in [0.1, 0.15) is 77.0 Å². The molecule has 3 heterocycles. The van der Waals surface area contributed by atoms with E-state index in [2.05, 4.69) is 10.00 Å². The van der Waals surface area contributed by atoms with Gasteiger partial charge >= 0.3 is 0 Å². The van der Waals surface area contributed by atoms with E-state index < -0.39 is 0 Å². The van der Waals surface area contributed by atoms with Crippen LogP contribution >= 0.6 is 0 Å². The molecule has 8 nitrogen and oxygen atoms in total. The first-order chi connectivity index (χ1) is 17.3. The first-order valence-corrected chi connectivity index (χ1v) is 13.4. The Kier molecular flexibility index (Phi) is 6.86. The van der Waals surface area contributed by atoms with Gasteiger partial charge in [-0.25, -0.2) is 0 Å². The molecule has 1 saturated heterocycles. The fourth-order valence-corrected chi connectivity index (χ4v) is 6.21. The van der Waals surface area contributed by atoms with E-state index >= 15 is 0 Å². The van der Waals surface area contributed by atoms with Crippen molar-refractivity contribution < 1.29 is 14.4 Å². The van der Waals surface area contributed by atoms with Crippen LogP contribution in [-0.2, 0) is 11.3 Å². The zero-order valence-electron chi connectivity index (χ0n) is 21.7. The van der Waals surface area contributed by atoms with Crippen molar-refractivity contribution in [3.63, 3.8) is 0 Å². The third-order valence-corrected chi connectivity index (χ3v) is 8.20. The molecule has 1 aromatic carbocycles. The van der Waals surface area contributed by atoms with Crippen molar-refractivity contribution in [2.75, 3.05) is 31.6 Å². The van der Waals surface area contributed by atoms with Gasteiger partial charge in [0.25, 0.3) is 11.8 Å². The Bertz CT molecular complexity index is 1170. The molecular weight excluding hydrogens is 454 g/mol. The van der Waals surface area contributed by atoms with Crippen LogP contribution in [0.2, 0.25) is 0 Å². The Morgan fingerprint density at radius 2 is 1.81 bits per heavy atom. The average Bonchev–Trinajstić information content (AvgIpc) is 3.36. The highest BCUT2D eigenvalue weighted by molar-refractivity contribution is 6.23. The number of imide groups is 1. The van der Waals surface area contributed by atoms with Gasteiger partial charge in [0, 0.05) is 38.4 Å². The molecule has 5 rings (SSSR count). The summed E-state index contributed by atoms with van der Waals surface area (Å²) in [7, 11) is 1.96. The van der Waals surface area contributed by atoms with E-state index in [0.29, 0.717) is 30.3 Å². The lowest BCUT2D eigenvalue weighted by atomic mass is 9.91. The molecule has 8 heteroatoms. The fraction of sp³-hybridized carbons (Fsp3) is 0.571. The summed E-state index contributed by atoms with van der Waals surface area (Å²) >= 11 is 0. The molecule has 3 amide bonds. The normalized spacial score (nSPS) is 20.7. The molecule has 1 aliphatic carbocycles. The van der Waals surface area contributed by atoms with Crippen molar-refractivity contribution in [3.8, 4) is 0 Å². The molecule has 1 aromatic heterocycles. The Hall–Kier alpha value is -3.16. The number of amides is 3. The summed E-state index contributed by atoms with van der Waals surface area (Å²) in [6.45, 7) is 6.01. The first kappa shape index (κ1) is 24.5. The molecule has 2 aromatic rings. The van der Waals surface area contributed by atoms with Gasteiger partial charge in [-0.3, -0.25) is 24.0 Å². The number of carbonyl (C=O) groups is 3. The third kappa shape index (κ3) is 4.53. The number of hydrogen-bond acceptors (Lipinski definition) is 5. The smallest absolute Gasteiger partial charge is 0.263 e. The van der Waals surface area contributed by atoms with E-state index in [9.17, 15) is 14.4 Å². The molecular formula is C28H37N5O3. The number of rotatable bonds is 6. The summed E-state index contributed by atoms with van der Waals surface area (Å²) in [6.07, 6.45) is 7.60. The van der Waals surface area contributed by atoms with E-state index in [1.54, 1.807) is 6.07 Å². The largest absolute Gasteiger partial charge is 0.370 e. The van der Waals surface area contributed by atoms with Crippen LogP contribution in [-0.4, -0.2) is 70.0 Å². The van der Waals surface area contributed by atoms with Gasteiger partial charge in [-0.15, -0.1) is 0 Å². The molecule has 2 aliphatic heterocycles. The predicted octanol–water partition coefficient (Wildman–Crippen LogP) is 3.80. The number of piperidine rings is 1. The number of fused-ring (bicyclic) bond motifs is 1. The topological polar surface area (TPSA) is 78.8 Å². The summed E-state index contributed by atoms with van der Waals surface area (Å²) in [6, 6.07) is 7.85. The number of carbonyl (C=O) groups excluding carboxylic acids is 3. The van der Waals surface area contributed by atoms with E-state index in [4.69, 9.17) is 0 Å². The van der Waals surface area contributed by atoms with E-state index in [1.165, 1.54) is 24.2 Å². The number of nitrogens with zero attached hydrogens (tertiary/aromatic N) is 5. The molecule has 1 unspecified atom stereocenters. The molecule has 2 fully saturated rings. The van der Waals surface area contributed by atoms with Gasteiger partial charge in [-0.2, -0.15) is 5.10 Å². The first-order valence-electron chi connectivity index (χ1n) is 13.4. The molecule has 0 bridgehead atoms. The van der Waals surface area contributed by atoms with Crippen LogP contribution in [0.4, 0.5) is 5.69 Å². The molecule has 0 spiro atoms. The summed E-state index contributed by atoms with van der Waals surface area (Å²) in [5.41, 5.74) is 3.63. The van der Waals surface area contributed by atoms with E-state index in [-0.39, 0.29) is 30.2 Å². The maximum absolute atomic E-state index is 13.5. The van der Waals surface area contributed by atoms with Crippen LogP contribution in [0.5, 0.6) is 0 Å². The Morgan fingerprint density at radius 1 is 1.03 bits per heavy atom. The molecule has 1 saturated carbocycles. The molecule has 1 atom stereocenters. The van der Waals surface area contributed by atoms with Crippen molar-refractivity contribution in [2.45, 2.75) is 71.4 Å². The fourth-order valence-electron chi connectivity index (χ4n) is 6.21. The molecule has 0 N–H and O–H groups in total. The van der Waals surface area contributed by atoms with Crippen molar-refractivity contribution in [3.05, 3.63) is 46.8 Å². The Morgan fingerprint density at radius 3 is 2.53 bits per heavy atom. The number of aryl methyl sites for hydroxylation is 2. The number of benzene rings is 1. The van der Waals surface area contributed by atoms with Gasteiger partial charge in [-0.05, 0) is 57.7 Å². The average molecular weight is 492 g/mol. The van der Waals surface area contributed by atoms with Crippen molar-refractivity contribution in [1.29, 1.82) is 0 Å². The van der Waals surface area contributed by atoms with Crippen molar-refractivity contribution in [1.82, 2.24) is 19.6 Å². The Labute approximate surface area is 213 Å². The minimum Gasteiger partial charge on any atom is -0.370 e. The van der Waals surface area contributed by atoms with E-state index in [0.717, 1.165) is 49.3 Å². The second-order valence-electron chi connectivity index (χ2n) is 10.6. The van der Waals surface area contributed by atoms with Crippen LogP contribution < -0.4 is 4.90 Å². The zero-order chi connectivity index (χ0) is 25.4. The standard InChI is InChI=1S/C28H37N5O3/c1-19-17-20(2)33(29-19)16-15-32-27(35)23-12-7-13-24(25(23)28(32)36)31-14-8-9-21(18-31)26(34)30(3)22-10-5-4-6-11-22/h7,12-13,17,21-22H,4-6,8-11,14-16,18H2,1-3H3.